The lowest BCUT2D eigenvalue weighted by Crippen LogP contribution is -2.01. The van der Waals surface area contributed by atoms with Gasteiger partial charge in [0, 0.05) is 66.1 Å². The van der Waals surface area contributed by atoms with Gasteiger partial charge in [-0.15, -0.1) is 0 Å². The summed E-state index contributed by atoms with van der Waals surface area (Å²) < 4.78 is 7.11. The monoisotopic (exact) mass is 880 g/mol. The first-order valence-corrected chi connectivity index (χ1v) is 23.4. The molecule has 0 aliphatic heterocycles. The summed E-state index contributed by atoms with van der Waals surface area (Å²) in [5.41, 5.74) is 15.2. The van der Waals surface area contributed by atoms with Crippen LogP contribution in [-0.4, -0.2) is 28.7 Å². The van der Waals surface area contributed by atoms with Gasteiger partial charge >= 0.3 is 0 Å². The fourth-order valence-corrected chi connectivity index (χ4v) is 10.6. The highest BCUT2D eigenvalue weighted by molar-refractivity contribution is 6.29. The van der Waals surface area contributed by atoms with Gasteiger partial charge < -0.3 is 13.7 Å². The molecule has 0 fully saturated rings. The van der Waals surface area contributed by atoms with Crippen molar-refractivity contribution >= 4 is 65.4 Å². The zero-order chi connectivity index (χ0) is 45.4. The minimum absolute atomic E-state index is 0.605. The summed E-state index contributed by atoms with van der Waals surface area (Å²) in [5.74, 6) is 1.82. The van der Waals surface area contributed by atoms with Crippen LogP contribution in [0.1, 0.15) is 0 Å². The molecule has 0 atom stereocenters. The second-order valence-electron chi connectivity index (χ2n) is 17.6. The summed E-state index contributed by atoms with van der Waals surface area (Å²) >= 11 is 0. The number of nitrogens with zero attached hydrogens (tertiary/aromatic N) is 6. The van der Waals surface area contributed by atoms with Crippen LogP contribution in [0.2, 0.25) is 0 Å². The number of rotatable bonds is 7. The minimum atomic E-state index is 0.605. The molecule has 0 bridgehead atoms. The highest BCUT2D eigenvalue weighted by Crippen LogP contribution is 2.43. The van der Waals surface area contributed by atoms with Gasteiger partial charge in [-0.2, -0.15) is 0 Å². The maximum atomic E-state index is 5.25. The Hall–Kier alpha value is -9.39. The van der Waals surface area contributed by atoms with Crippen LogP contribution in [0.5, 0.6) is 0 Å². The molecule has 4 aromatic heterocycles. The van der Waals surface area contributed by atoms with Crippen molar-refractivity contribution in [2.45, 2.75) is 0 Å². The van der Waals surface area contributed by atoms with Crippen LogP contribution in [0, 0.1) is 0 Å². The van der Waals surface area contributed by atoms with Crippen LogP contribution < -0.4 is 0 Å². The number of para-hydroxylation sites is 5. The number of aromatic nitrogens is 6. The van der Waals surface area contributed by atoms with Crippen LogP contribution in [-0.2, 0) is 0 Å². The molecule has 0 aliphatic carbocycles. The predicted molar refractivity (Wildman–Crippen MR) is 285 cm³/mol. The van der Waals surface area contributed by atoms with E-state index in [9.17, 15) is 0 Å². The Kier molecular flexibility index (Phi) is 8.79. The SMILES string of the molecule is c1ccc(-c2ccc(-c3nc(-c4ccc(-n5c6ccccc6c6c7c8ccccc8n(-c8ccccc8)c7ccc65)cc4)nc(-c4cccc(-n5c6ccccc6c6ccccc65)c4)n3)cc2)cc1. The van der Waals surface area contributed by atoms with Crippen LogP contribution in [0.4, 0.5) is 0 Å². The first-order chi connectivity index (χ1) is 34.2. The van der Waals surface area contributed by atoms with E-state index in [1.807, 2.05) is 6.07 Å². The Morgan fingerprint density at radius 3 is 1.10 bits per heavy atom. The molecule has 6 nitrogen and oxygen atoms in total. The number of fused-ring (bicyclic) bond motifs is 10. The predicted octanol–water partition coefficient (Wildman–Crippen LogP) is 15.8. The smallest absolute Gasteiger partial charge is 0.164 e. The van der Waals surface area contributed by atoms with E-state index in [2.05, 4.69) is 250 Å². The third kappa shape index (κ3) is 6.23. The third-order valence-corrected chi connectivity index (χ3v) is 13.7. The van der Waals surface area contributed by atoms with Crippen molar-refractivity contribution in [3.8, 4) is 62.4 Å². The van der Waals surface area contributed by atoms with Crippen molar-refractivity contribution in [2.24, 2.45) is 0 Å². The van der Waals surface area contributed by atoms with Gasteiger partial charge in [-0.05, 0) is 96.1 Å². The Labute approximate surface area is 397 Å². The molecule has 0 amide bonds. The molecule has 14 aromatic rings. The fraction of sp³-hybridized carbons (Fsp3) is 0. The van der Waals surface area contributed by atoms with Gasteiger partial charge in [0.15, 0.2) is 17.5 Å². The lowest BCUT2D eigenvalue weighted by Gasteiger charge is -2.12. The second-order valence-corrected chi connectivity index (χ2v) is 17.6. The summed E-state index contributed by atoms with van der Waals surface area (Å²) in [5, 5.41) is 7.38. The van der Waals surface area contributed by atoms with E-state index in [1.54, 1.807) is 0 Å². The molecule has 0 spiro atoms. The van der Waals surface area contributed by atoms with Gasteiger partial charge in [0.05, 0.1) is 33.1 Å². The van der Waals surface area contributed by atoms with Crippen LogP contribution in [0.25, 0.3) is 128 Å². The van der Waals surface area contributed by atoms with Gasteiger partial charge in [0.2, 0.25) is 0 Å². The molecule has 0 radical (unpaired) electrons. The molecule has 0 N–H and O–H groups in total. The summed E-state index contributed by atoms with van der Waals surface area (Å²) in [6.45, 7) is 0. The first kappa shape index (κ1) is 38.8. The molecule has 0 aliphatic rings. The van der Waals surface area contributed by atoms with E-state index >= 15 is 0 Å². The Morgan fingerprint density at radius 1 is 0.217 bits per heavy atom. The highest BCUT2D eigenvalue weighted by Gasteiger charge is 2.21. The minimum Gasteiger partial charge on any atom is -0.309 e. The largest absolute Gasteiger partial charge is 0.309 e. The standard InChI is InChI=1S/C63H40N6/c1-3-16-41(17-4-1)42-30-32-43(33-31-42)61-64-62(66-63(65-61)45-18-15-21-48(40-45)69-53-26-11-7-22-49(53)50-23-8-12-27-54(50)69)44-34-36-47(37-35-44)68-56-29-14-10-25-52(56)60-58(68)39-38-57-59(60)51-24-9-13-28-55(51)67(57)46-19-5-2-6-20-46/h1-40H. The zero-order valence-corrected chi connectivity index (χ0v) is 37.3. The van der Waals surface area contributed by atoms with E-state index in [4.69, 9.17) is 15.0 Å². The summed E-state index contributed by atoms with van der Waals surface area (Å²) in [6, 6.07) is 86.1. The average Bonchev–Trinajstić information content (AvgIpc) is 4.07. The van der Waals surface area contributed by atoms with E-state index in [-0.39, 0.29) is 0 Å². The number of hydrogen-bond acceptors (Lipinski definition) is 3. The Balaban J connectivity index is 0.917. The second kappa shape index (κ2) is 15.6. The number of hydrogen-bond donors (Lipinski definition) is 0. The number of benzene rings is 10. The molecule has 14 rings (SSSR count). The van der Waals surface area contributed by atoms with Crippen LogP contribution in [0.15, 0.2) is 243 Å². The van der Waals surface area contributed by atoms with Gasteiger partial charge in [-0.3, -0.25) is 0 Å². The normalized spacial score (nSPS) is 11.8. The van der Waals surface area contributed by atoms with Gasteiger partial charge in [-0.25, -0.2) is 15.0 Å². The molecule has 0 unspecified atom stereocenters. The molecule has 0 saturated carbocycles. The summed E-state index contributed by atoms with van der Waals surface area (Å²) in [4.78, 5) is 15.7. The van der Waals surface area contributed by atoms with Gasteiger partial charge in [-0.1, -0.05) is 158 Å². The molecular formula is C63H40N6. The maximum Gasteiger partial charge on any atom is 0.164 e. The van der Waals surface area contributed by atoms with E-state index in [0.29, 0.717) is 17.5 Å². The Morgan fingerprint density at radius 2 is 0.565 bits per heavy atom. The molecule has 322 valence electrons. The van der Waals surface area contributed by atoms with E-state index in [1.165, 1.54) is 43.4 Å². The topological polar surface area (TPSA) is 53.5 Å². The van der Waals surface area contributed by atoms with Gasteiger partial charge in [0.25, 0.3) is 0 Å². The molecule has 4 heterocycles. The highest BCUT2D eigenvalue weighted by atomic mass is 15.0. The van der Waals surface area contributed by atoms with Gasteiger partial charge in [0.1, 0.15) is 0 Å². The first-order valence-electron chi connectivity index (χ1n) is 23.4. The average molecular weight is 881 g/mol. The van der Waals surface area contributed by atoms with Crippen molar-refractivity contribution in [1.82, 2.24) is 28.7 Å². The molecule has 0 saturated heterocycles. The van der Waals surface area contributed by atoms with Crippen molar-refractivity contribution in [3.05, 3.63) is 243 Å². The van der Waals surface area contributed by atoms with Crippen molar-refractivity contribution in [2.75, 3.05) is 0 Å². The van der Waals surface area contributed by atoms with Crippen LogP contribution >= 0.6 is 0 Å². The maximum absolute atomic E-state index is 5.25. The molecular weight excluding hydrogens is 841 g/mol. The lowest BCUT2D eigenvalue weighted by molar-refractivity contribution is 1.07. The van der Waals surface area contributed by atoms with E-state index < -0.39 is 0 Å². The van der Waals surface area contributed by atoms with E-state index in [0.717, 1.165) is 66.9 Å². The van der Waals surface area contributed by atoms with Crippen molar-refractivity contribution in [1.29, 1.82) is 0 Å². The molecule has 6 heteroatoms. The third-order valence-electron chi connectivity index (χ3n) is 13.7. The van der Waals surface area contributed by atoms with Crippen molar-refractivity contribution in [3.63, 3.8) is 0 Å². The fourth-order valence-electron chi connectivity index (χ4n) is 10.6. The quantitative estimate of drug-likeness (QED) is 0.160. The Bertz CT molecular complexity index is 4220. The summed E-state index contributed by atoms with van der Waals surface area (Å²) in [7, 11) is 0. The molecule has 10 aromatic carbocycles. The molecule has 69 heavy (non-hydrogen) atoms. The van der Waals surface area contributed by atoms with Crippen LogP contribution in [0.3, 0.4) is 0 Å². The zero-order valence-electron chi connectivity index (χ0n) is 37.3. The van der Waals surface area contributed by atoms with Crippen molar-refractivity contribution < 1.29 is 0 Å². The summed E-state index contributed by atoms with van der Waals surface area (Å²) in [6.07, 6.45) is 0. The lowest BCUT2D eigenvalue weighted by atomic mass is 10.0.